The molecule has 0 aromatic rings. The molecule has 1 saturated heterocycles. The number of carbonyl (C=O) groups is 3. The third-order valence-electron chi connectivity index (χ3n) is 2.11. The maximum absolute atomic E-state index is 11.2. The summed E-state index contributed by atoms with van der Waals surface area (Å²) in [5.41, 5.74) is 0. The topological polar surface area (TPSA) is 83.9 Å². The summed E-state index contributed by atoms with van der Waals surface area (Å²) >= 11 is 0. The molecule has 1 heterocycles. The van der Waals surface area contributed by atoms with E-state index in [0.29, 0.717) is 0 Å². The number of likely N-dealkylation sites (N-methyl/N-ethyl adjacent to an activating group) is 1. The Morgan fingerprint density at radius 2 is 2.14 bits per heavy atom. The Morgan fingerprint density at radius 1 is 1.57 bits per heavy atom. The molecule has 6 nitrogen and oxygen atoms in total. The lowest BCUT2D eigenvalue weighted by molar-refractivity contribution is -0.154. The number of carbonyl (C=O) groups excluding carboxylic acids is 2. The van der Waals surface area contributed by atoms with Gasteiger partial charge in [-0.2, -0.15) is 0 Å². The Morgan fingerprint density at radius 3 is 2.57 bits per heavy atom. The number of carboxylic acids is 1. The standard InChI is InChI=1S/C8H11NO5/c1-4(10)14-5-3-6(11)9(2)7(5)8(12)13/h5,7H,3H2,1-2H3,(H,12,13)/t5-,7-/m0/s1. The minimum atomic E-state index is -1.16. The van der Waals surface area contributed by atoms with Crippen molar-refractivity contribution in [2.45, 2.75) is 25.5 Å². The van der Waals surface area contributed by atoms with Crippen molar-refractivity contribution < 1.29 is 24.2 Å². The Bertz CT molecular complexity index is 285. The van der Waals surface area contributed by atoms with Crippen molar-refractivity contribution in [3.05, 3.63) is 0 Å². The molecule has 0 aromatic heterocycles. The Labute approximate surface area is 80.4 Å². The average molecular weight is 201 g/mol. The quantitative estimate of drug-likeness (QED) is 0.593. The van der Waals surface area contributed by atoms with E-state index in [4.69, 9.17) is 9.84 Å². The minimum absolute atomic E-state index is 0.0625. The fraction of sp³-hybridized carbons (Fsp3) is 0.625. The van der Waals surface area contributed by atoms with E-state index in [1.807, 2.05) is 0 Å². The van der Waals surface area contributed by atoms with E-state index in [-0.39, 0.29) is 12.3 Å². The molecule has 1 rings (SSSR count). The Hall–Kier alpha value is -1.59. The number of carboxylic acid groups (broad SMARTS) is 1. The van der Waals surface area contributed by atoms with Crippen LogP contribution in [0.2, 0.25) is 0 Å². The first kappa shape index (κ1) is 10.5. The van der Waals surface area contributed by atoms with Gasteiger partial charge in [0, 0.05) is 14.0 Å². The van der Waals surface area contributed by atoms with Crippen LogP contribution in [-0.2, 0) is 19.1 Å². The molecule has 1 N–H and O–H groups in total. The highest BCUT2D eigenvalue weighted by molar-refractivity contribution is 5.89. The van der Waals surface area contributed by atoms with Crippen molar-refractivity contribution in [1.82, 2.24) is 4.90 Å². The summed E-state index contributed by atoms with van der Waals surface area (Å²) in [5.74, 6) is -2.07. The Balaban J connectivity index is 2.80. The summed E-state index contributed by atoms with van der Waals surface area (Å²) < 4.78 is 4.74. The van der Waals surface area contributed by atoms with Crippen molar-refractivity contribution in [2.24, 2.45) is 0 Å². The zero-order valence-electron chi connectivity index (χ0n) is 7.89. The number of amides is 1. The van der Waals surface area contributed by atoms with Crippen LogP contribution < -0.4 is 0 Å². The molecule has 1 aliphatic rings. The van der Waals surface area contributed by atoms with E-state index >= 15 is 0 Å². The number of hydrogen-bond donors (Lipinski definition) is 1. The van der Waals surface area contributed by atoms with Gasteiger partial charge in [0.15, 0.2) is 6.04 Å². The summed E-state index contributed by atoms with van der Waals surface area (Å²) in [6.07, 6.45) is -0.935. The molecule has 0 aliphatic carbocycles. The minimum Gasteiger partial charge on any atom is -0.480 e. The molecule has 1 amide bonds. The molecule has 6 heteroatoms. The van der Waals surface area contributed by atoms with E-state index < -0.39 is 24.1 Å². The highest BCUT2D eigenvalue weighted by Gasteiger charge is 2.44. The SMILES string of the molecule is CC(=O)O[C@H]1CC(=O)N(C)[C@@H]1C(=O)O. The number of likely N-dealkylation sites (tertiary alicyclic amines) is 1. The van der Waals surface area contributed by atoms with Crippen molar-refractivity contribution in [2.75, 3.05) is 7.05 Å². The van der Waals surface area contributed by atoms with Gasteiger partial charge in [0.05, 0.1) is 6.42 Å². The van der Waals surface area contributed by atoms with Gasteiger partial charge in [-0.1, -0.05) is 0 Å². The monoisotopic (exact) mass is 201 g/mol. The first-order valence-electron chi connectivity index (χ1n) is 4.09. The fourth-order valence-electron chi connectivity index (χ4n) is 1.48. The van der Waals surface area contributed by atoms with Crippen LogP contribution in [0, 0.1) is 0 Å². The van der Waals surface area contributed by atoms with Gasteiger partial charge in [-0.25, -0.2) is 4.79 Å². The number of ether oxygens (including phenoxy) is 1. The largest absolute Gasteiger partial charge is 0.480 e. The van der Waals surface area contributed by atoms with Gasteiger partial charge in [-0.3, -0.25) is 9.59 Å². The van der Waals surface area contributed by atoms with Gasteiger partial charge in [0.1, 0.15) is 6.10 Å². The molecule has 1 fully saturated rings. The first-order valence-corrected chi connectivity index (χ1v) is 4.09. The van der Waals surface area contributed by atoms with E-state index in [1.165, 1.54) is 14.0 Å². The third kappa shape index (κ3) is 1.84. The molecular formula is C8H11NO5. The highest BCUT2D eigenvalue weighted by Crippen LogP contribution is 2.20. The lowest BCUT2D eigenvalue weighted by Crippen LogP contribution is -2.42. The number of aliphatic carboxylic acids is 1. The molecule has 78 valence electrons. The first-order chi connectivity index (χ1) is 6.43. The van der Waals surface area contributed by atoms with Gasteiger partial charge in [-0.15, -0.1) is 0 Å². The molecule has 0 saturated carbocycles. The van der Waals surface area contributed by atoms with E-state index in [2.05, 4.69) is 0 Å². The number of rotatable bonds is 2. The summed E-state index contributed by atoms with van der Waals surface area (Å²) in [6, 6.07) is -1.06. The second kappa shape index (κ2) is 3.65. The molecular weight excluding hydrogens is 190 g/mol. The molecule has 0 spiro atoms. The average Bonchev–Trinajstić information content (AvgIpc) is 2.26. The van der Waals surface area contributed by atoms with Crippen LogP contribution in [-0.4, -0.2) is 47.0 Å². The maximum atomic E-state index is 11.2. The smallest absolute Gasteiger partial charge is 0.330 e. The number of hydrogen-bond acceptors (Lipinski definition) is 4. The molecule has 0 bridgehead atoms. The van der Waals surface area contributed by atoms with E-state index in [9.17, 15) is 14.4 Å². The summed E-state index contributed by atoms with van der Waals surface area (Å²) in [5, 5.41) is 8.80. The van der Waals surface area contributed by atoms with Crippen LogP contribution in [0.3, 0.4) is 0 Å². The van der Waals surface area contributed by atoms with E-state index in [1.54, 1.807) is 0 Å². The normalized spacial score (nSPS) is 26.4. The second-order valence-electron chi connectivity index (χ2n) is 3.14. The van der Waals surface area contributed by atoms with Crippen molar-refractivity contribution >= 4 is 17.8 Å². The van der Waals surface area contributed by atoms with Crippen LogP contribution in [0.5, 0.6) is 0 Å². The van der Waals surface area contributed by atoms with Gasteiger partial charge in [0.2, 0.25) is 5.91 Å². The molecule has 0 unspecified atom stereocenters. The molecule has 0 aromatic carbocycles. The molecule has 2 atom stereocenters. The number of esters is 1. The van der Waals surface area contributed by atoms with Crippen LogP contribution >= 0.6 is 0 Å². The predicted octanol–water partition coefficient (Wildman–Crippen LogP) is -0.767. The second-order valence-corrected chi connectivity index (χ2v) is 3.14. The molecule has 1 aliphatic heterocycles. The van der Waals surface area contributed by atoms with Gasteiger partial charge < -0.3 is 14.7 Å². The zero-order chi connectivity index (χ0) is 10.9. The van der Waals surface area contributed by atoms with Gasteiger partial charge in [-0.05, 0) is 0 Å². The van der Waals surface area contributed by atoms with Crippen LogP contribution in [0.15, 0.2) is 0 Å². The lowest BCUT2D eigenvalue weighted by atomic mass is 10.2. The summed E-state index contributed by atoms with van der Waals surface area (Å²) in [7, 11) is 1.38. The predicted molar refractivity (Wildman–Crippen MR) is 44.4 cm³/mol. The maximum Gasteiger partial charge on any atom is 0.330 e. The van der Waals surface area contributed by atoms with Gasteiger partial charge in [0.25, 0.3) is 0 Å². The summed E-state index contributed by atoms with van der Waals surface area (Å²) in [4.78, 5) is 33.6. The summed E-state index contributed by atoms with van der Waals surface area (Å²) in [6.45, 7) is 1.18. The Kier molecular flexibility index (Phi) is 2.73. The fourth-order valence-corrected chi connectivity index (χ4v) is 1.48. The van der Waals surface area contributed by atoms with Crippen molar-refractivity contribution in [1.29, 1.82) is 0 Å². The lowest BCUT2D eigenvalue weighted by Gasteiger charge is -2.19. The van der Waals surface area contributed by atoms with Crippen molar-refractivity contribution in [3.63, 3.8) is 0 Å². The molecule has 14 heavy (non-hydrogen) atoms. The molecule has 0 radical (unpaired) electrons. The van der Waals surface area contributed by atoms with Crippen molar-refractivity contribution in [3.8, 4) is 0 Å². The zero-order valence-corrected chi connectivity index (χ0v) is 7.89. The number of nitrogens with zero attached hydrogens (tertiary/aromatic N) is 1. The third-order valence-corrected chi connectivity index (χ3v) is 2.11. The van der Waals surface area contributed by atoms with Crippen LogP contribution in [0.4, 0.5) is 0 Å². The van der Waals surface area contributed by atoms with Crippen LogP contribution in [0.25, 0.3) is 0 Å². The van der Waals surface area contributed by atoms with Gasteiger partial charge >= 0.3 is 11.9 Å². The van der Waals surface area contributed by atoms with E-state index in [0.717, 1.165) is 4.90 Å². The highest BCUT2D eigenvalue weighted by atomic mass is 16.5. The van der Waals surface area contributed by atoms with Crippen LogP contribution in [0.1, 0.15) is 13.3 Å².